The summed E-state index contributed by atoms with van der Waals surface area (Å²) < 4.78 is 16.5. The third kappa shape index (κ3) is 2.38. The van der Waals surface area contributed by atoms with E-state index < -0.39 is 0 Å². The van der Waals surface area contributed by atoms with Crippen molar-refractivity contribution >= 4 is 17.7 Å². The van der Waals surface area contributed by atoms with Crippen LogP contribution in [0.2, 0.25) is 0 Å². The highest BCUT2D eigenvalue weighted by atomic mass is 32.2. The SMILES string of the molecule is COC1O[C@@H]2CS[C@H]1[C@H]2OC(=O)c1ccc(C)cc1. The minimum absolute atomic E-state index is 0.0469. The van der Waals surface area contributed by atoms with Crippen molar-refractivity contribution in [3.8, 4) is 0 Å². The molecule has 2 fully saturated rings. The smallest absolute Gasteiger partial charge is 0.338 e. The van der Waals surface area contributed by atoms with E-state index in [0.29, 0.717) is 5.56 Å². The van der Waals surface area contributed by atoms with E-state index in [4.69, 9.17) is 14.2 Å². The molecular weight excluding hydrogens is 264 g/mol. The Hall–Kier alpha value is -1.04. The average molecular weight is 280 g/mol. The number of carbonyl (C=O) groups is 1. The van der Waals surface area contributed by atoms with Gasteiger partial charge in [-0.2, -0.15) is 0 Å². The Morgan fingerprint density at radius 1 is 1.37 bits per heavy atom. The molecular formula is C14H16O4S. The van der Waals surface area contributed by atoms with Gasteiger partial charge < -0.3 is 14.2 Å². The minimum atomic E-state index is -0.289. The number of carbonyl (C=O) groups excluding carboxylic acids is 1. The van der Waals surface area contributed by atoms with Crippen LogP contribution in [0, 0.1) is 6.92 Å². The van der Waals surface area contributed by atoms with E-state index >= 15 is 0 Å². The van der Waals surface area contributed by atoms with E-state index in [2.05, 4.69) is 0 Å². The first-order valence-corrected chi connectivity index (χ1v) is 7.31. The van der Waals surface area contributed by atoms with Crippen LogP contribution in [-0.4, -0.2) is 42.6 Å². The lowest BCUT2D eigenvalue weighted by Gasteiger charge is -2.18. The number of aryl methyl sites for hydroxylation is 1. The Kier molecular flexibility index (Phi) is 3.52. The monoisotopic (exact) mass is 280 g/mol. The molecule has 102 valence electrons. The molecule has 1 aromatic rings. The molecule has 0 aliphatic carbocycles. The number of methoxy groups -OCH3 is 1. The summed E-state index contributed by atoms with van der Waals surface area (Å²) >= 11 is 1.75. The summed E-state index contributed by atoms with van der Waals surface area (Å²) in [5, 5.41) is 0.0874. The van der Waals surface area contributed by atoms with Crippen LogP contribution in [0.4, 0.5) is 0 Å². The summed E-state index contributed by atoms with van der Waals surface area (Å²) in [6, 6.07) is 7.39. The first-order valence-electron chi connectivity index (χ1n) is 6.26. The Balaban J connectivity index is 1.69. The highest BCUT2D eigenvalue weighted by Gasteiger charge is 2.53. The van der Waals surface area contributed by atoms with Crippen molar-refractivity contribution in [1.29, 1.82) is 0 Å². The van der Waals surface area contributed by atoms with Gasteiger partial charge in [0.05, 0.1) is 10.8 Å². The molecule has 0 amide bonds. The van der Waals surface area contributed by atoms with E-state index in [1.807, 2.05) is 19.1 Å². The lowest BCUT2D eigenvalue weighted by atomic mass is 10.1. The van der Waals surface area contributed by atoms with Crippen molar-refractivity contribution in [1.82, 2.24) is 0 Å². The molecule has 0 aromatic heterocycles. The summed E-state index contributed by atoms with van der Waals surface area (Å²) in [5.41, 5.74) is 1.70. The number of fused-ring (bicyclic) bond motifs is 2. The summed E-state index contributed by atoms with van der Waals surface area (Å²) in [4.78, 5) is 12.1. The fourth-order valence-electron chi connectivity index (χ4n) is 2.42. The molecule has 1 aromatic carbocycles. The normalized spacial score (nSPS) is 32.5. The zero-order chi connectivity index (χ0) is 13.4. The maximum Gasteiger partial charge on any atom is 0.338 e. The molecule has 0 spiro atoms. The molecule has 2 heterocycles. The Bertz CT molecular complexity index is 473. The van der Waals surface area contributed by atoms with Crippen LogP contribution < -0.4 is 0 Å². The highest BCUT2D eigenvalue weighted by Crippen LogP contribution is 2.42. The summed E-state index contributed by atoms with van der Waals surface area (Å²) in [6.07, 6.45) is -0.516. The zero-order valence-electron chi connectivity index (χ0n) is 10.9. The van der Waals surface area contributed by atoms with Gasteiger partial charge in [-0.05, 0) is 19.1 Å². The first-order chi connectivity index (χ1) is 9.19. The van der Waals surface area contributed by atoms with Gasteiger partial charge >= 0.3 is 5.97 Å². The third-order valence-electron chi connectivity index (χ3n) is 3.48. The van der Waals surface area contributed by atoms with Gasteiger partial charge in [0, 0.05) is 12.9 Å². The quantitative estimate of drug-likeness (QED) is 0.792. The second kappa shape index (κ2) is 5.15. The van der Waals surface area contributed by atoms with Gasteiger partial charge in [-0.1, -0.05) is 17.7 Å². The number of hydrogen-bond donors (Lipinski definition) is 0. The number of benzene rings is 1. The minimum Gasteiger partial charge on any atom is -0.455 e. The van der Waals surface area contributed by atoms with Gasteiger partial charge in [0.2, 0.25) is 0 Å². The molecule has 0 saturated carbocycles. The van der Waals surface area contributed by atoms with E-state index in [9.17, 15) is 4.79 Å². The van der Waals surface area contributed by atoms with Gasteiger partial charge in [-0.25, -0.2) is 4.79 Å². The number of rotatable bonds is 3. The fourth-order valence-corrected chi connectivity index (χ4v) is 3.85. The molecule has 2 bridgehead atoms. The lowest BCUT2D eigenvalue weighted by Crippen LogP contribution is -2.30. The maximum absolute atomic E-state index is 12.1. The van der Waals surface area contributed by atoms with Crippen LogP contribution in [0.15, 0.2) is 24.3 Å². The van der Waals surface area contributed by atoms with Gasteiger partial charge in [-0.3, -0.25) is 0 Å². The molecule has 1 unspecified atom stereocenters. The van der Waals surface area contributed by atoms with Crippen molar-refractivity contribution in [2.45, 2.75) is 30.7 Å². The average Bonchev–Trinajstić information content (AvgIpc) is 2.96. The Morgan fingerprint density at radius 2 is 2.11 bits per heavy atom. The molecule has 4 nitrogen and oxygen atoms in total. The fraction of sp³-hybridized carbons (Fsp3) is 0.500. The number of ether oxygens (including phenoxy) is 3. The molecule has 5 heteroatoms. The molecule has 0 radical (unpaired) electrons. The third-order valence-corrected chi connectivity index (χ3v) is 4.88. The van der Waals surface area contributed by atoms with Crippen molar-refractivity contribution in [2.75, 3.05) is 12.9 Å². The van der Waals surface area contributed by atoms with Crippen LogP contribution in [0.1, 0.15) is 15.9 Å². The van der Waals surface area contributed by atoms with Crippen LogP contribution in [0.5, 0.6) is 0 Å². The van der Waals surface area contributed by atoms with Crippen molar-refractivity contribution in [2.24, 2.45) is 0 Å². The van der Waals surface area contributed by atoms with Crippen LogP contribution in [0.25, 0.3) is 0 Å². The van der Waals surface area contributed by atoms with Crippen molar-refractivity contribution in [3.63, 3.8) is 0 Å². The largest absolute Gasteiger partial charge is 0.455 e. The van der Waals surface area contributed by atoms with Gasteiger partial charge in [0.25, 0.3) is 0 Å². The number of esters is 1. The van der Waals surface area contributed by atoms with Crippen LogP contribution >= 0.6 is 11.8 Å². The lowest BCUT2D eigenvalue weighted by molar-refractivity contribution is -0.113. The zero-order valence-corrected chi connectivity index (χ0v) is 11.7. The molecule has 2 aliphatic rings. The predicted molar refractivity (Wildman–Crippen MR) is 72.3 cm³/mol. The molecule has 19 heavy (non-hydrogen) atoms. The predicted octanol–water partition coefficient (Wildman–Crippen LogP) is 2.01. The molecule has 4 atom stereocenters. The molecule has 3 rings (SSSR count). The first kappa shape index (κ1) is 13.0. The van der Waals surface area contributed by atoms with Crippen LogP contribution in [0.3, 0.4) is 0 Å². The molecule has 2 saturated heterocycles. The molecule has 0 N–H and O–H groups in total. The van der Waals surface area contributed by atoms with Gasteiger partial charge in [0.1, 0.15) is 12.2 Å². The second-order valence-corrected chi connectivity index (χ2v) is 6.02. The van der Waals surface area contributed by atoms with Gasteiger partial charge in [-0.15, -0.1) is 11.8 Å². The maximum atomic E-state index is 12.1. The summed E-state index contributed by atoms with van der Waals surface area (Å²) in [5.74, 6) is 0.568. The topological polar surface area (TPSA) is 44.8 Å². The Morgan fingerprint density at radius 3 is 2.74 bits per heavy atom. The van der Waals surface area contributed by atoms with Gasteiger partial charge in [0.15, 0.2) is 6.29 Å². The van der Waals surface area contributed by atoms with Crippen LogP contribution in [-0.2, 0) is 14.2 Å². The van der Waals surface area contributed by atoms with Crippen molar-refractivity contribution in [3.05, 3.63) is 35.4 Å². The summed E-state index contributed by atoms with van der Waals surface area (Å²) in [6.45, 7) is 1.99. The van der Waals surface area contributed by atoms with E-state index in [-0.39, 0.29) is 29.7 Å². The van der Waals surface area contributed by atoms with E-state index in [1.54, 1.807) is 31.0 Å². The highest BCUT2D eigenvalue weighted by molar-refractivity contribution is 8.00. The standard InChI is InChI=1S/C14H16O4S/c1-8-3-5-9(6-4-8)13(15)18-11-10-7-19-12(11)14(16-2)17-10/h3-6,10-12,14H,7H2,1-2H3/t10-,11+,12+,14?/m1/s1. The second-order valence-electron chi connectivity index (χ2n) is 4.81. The Labute approximate surface area is 116 Å². The summed E-state index contributed by atoms with van der Waals surface area (Å²) in [7, 11) is 1.62. The number of thioether (sulfide) groups is 1. The number of hydrogen-bond acceptors (Lipinski definition) is 5. The van der Waals surface area contributed by atoms with E-state index in [1.165, 1.54) is 0 Å². The van der Waals surface area contributed by atoms with E-state index in [0.717, 1.165) is 11.3 Å². The molecule has 2 aliphatic heterocycles. The van der Waals surface area contributed by atoms with Crippen molar-refractivity contribution < 1.29 is 19.0 Å².